The molecule has 0 amide bonds. The summed E-state index contributed by atoms with van der Waals surface area (Å²) in [6.07, 6.45) is 12.2. The third kappa shape index (κ3) is 3.58. The van der Waals surface area contributed by atoms with Gasteiger partial charge in [0.25, 0.3) is 0 Å². The summed E-state index contributed by atoms with van der Waals surface area (Å²) in [6, 6.07) is 0. The SMILES string of the molecule is C=CC/C=C/C(=O)C1CCCCC1. The van der Waals surface area contributed by atoms with Crippen LogP contribution < -0.4 is 0 Å². The molecule has 0 aliphatic heterocycles. The van der Waals surface area contributed by atoms with Crippen LogP contribution in [0.15, 0.2) is 24.8 Å². The molecule has 0 aromatic heterocycles. The summed E-state index contributed by atoms with van der Waals surface area (Å²) in [4.78, 5) is 11.6. The van der Waals surface area contributed by atoms with Gasteiger partial charge in [-0.1, -0.05) is 31.4 Å². The summed E-state index contributed by atoms with van der Waals surface area (Å²) < 4.78 is 0. The number of hydrogen-bond acceptors (Lipinski definition) is 1. The van der Waals surface area contributed by atoms with Crippen molar-refractivity contribution in [3.63, 3.8) is 0 Å². The van der Waals surface area contributed by atoms with Crippen molar-refractivity contribution < 1.29 is 4.79 Å². The number of carbonyl (C=O) groups is 1. The predicted molar refractivity (Wildman–Crippen MR) is 55.5 cm³/mol. The number of hydrogen-bond donors (Lipinski definition) is 0. The molecule has 1 heteroatoms. The lowest BCUT2D eigenvalue weighted by atomic mass is 9.86. The molecule has 13 heavy (non-hydrogen) atoms. The maximum atomic E-state index is 11.6. The molecular weight excluding hydrogens is 160 g/mol. The molecule has 0 unspecified atom stereocenters. The van der Waals surface area contributed by atoms with E-state index < -0.39 is 0 Å². The number of carbonyl (C=O) groups excluding carboxylic acids is 1. The van der Waals surface area contributed by atoms with Crippen LogP contribution in [0.5, 0.6) is 0 Å². The highest BCUT2D eigenvalue weighted by molar-refractivity contribution is 5.91. The fraction of sp³-hybridized carbons (Fsp3) is 0.583. The van der Waals surface area contributed by atoms with Gasteiger partial charge in [0.2, 0.25) is 0 Å². The molecule has 1 rings (SSSR count). The van der Waals surface area contributed by atoms with E-state index >= 15 is 0 Å². The van der Waals surface area contributed by atoms with Crippen molar-refractivity contribution in [2.75, 3.05) is 0 Å². The minimum Gasteiger partial charge on any atom is -0.295 e. The van der Waals surface area contributed by atoms with Crippen molar-refractivity contribution in [3.05, 3.63) is 24.8 Å². The summed E-state index contributed by atoms with van der Waals surface area (Å²) in [7, 11) is 0. The largest absolute Gasteiger partial charge is 0.295 e. The van der Waals surface area contributed by atoms with Crippen molar-refractivity contribution in [2.45, 2.75) is 38.5 Å². The average Bonchev–Trinajstić information content (AvgIpc) is 2.19. The Hall–Kier alpha value is -0.850. The van der Waals surface area contributed by atoms with E-state index in [4.69, 9.17) is 0 Å². The van der Waals surface area contributed by atoms with E-state index in [1.807, 2.05) is 12.2 Å². The Morgan fingerprint density at radius 1 is 1.31 bits per heavy atom. The molecule has 1 aliphatic carbocycles. The van der Waals surface area contributed by atoms with E-state index in [0.717, 1.165) is 19.3 Å². The zero-order valence-corrected chi connectivity index (χ0v) is 8.17. The van der Waals surface area contributed by atoms with Crippen molar-refractivity contribution in [1.29, 1.82) is 0 Å². The summed E-state index contributed by atoms with van der Waals surface area (Å²) in [5.74, 6) is 0.636. The van der Waals surface area contributed by atoms with Gasteiger partial charge in [0.15, 0.2) is 5.78 Å². The maximum absolute atomic E-state index is 11.6. The van der Waals surface area contributed by atoms with E-state index in [1.165, 1.54) is 19.3 Å². The van der Waals surface area contributed by atoms with Gasteiger partial charge >= 0.3 is 0 Å². The van der Waals surface area contributed by atoms with Crippen LogP contribution in [0, 0.1) is 5.92 Å². The first-order valence-electron chi connectivity index (χ1n) is 5.16. The lowest BCUT2D eigenvalue weighted by molar-refractivity contribution is -0.119. The molecule has 1 aliphatic rings. The second kappa shape index (κ2) is 5.74. The molecule has 0 heterocycles. The van der Waals surface area contributed by atoms with Crippen molar-refractivity contribution in [1.82, 2.24) is 0 Å². The van der Waals surface area contributed by atoms with E-state index in [1.54, 1.807) is 6.08 Å². The minimum absolute atomic E-state index is 0.315. The van der Waals surface area contributed by atoms with Gasteiger partial charge in [0, 0.05) is 5.92 Å². The van der Waals surface area contributed by atoms with Crippen LogP contribution in [0.3, 0.4) is 0 Å². The van der Waals surface area contributed by atoms with E-state index in [2.05, 4.69) is 6.58 Å². The highest BCUT2D eigenvalue weighted by atomic mass is 16.1. The lowest BCUT2D eigenvalue weighted by Gasteiger charge is -2.18. The summed E-state index contributed by atoms with van der Waals surface area (Å²) >= 11 is 0. The van der Waals surface area contributed by atoms with Crippen molar-refractivity contribution >= 4 is 5.78 Å². The molecule has 1 saturated carbocycles. The van der Waals surface area contributed by atoms with Crippen LogP contribution in [0.4, 0.5) is 0 Å². The molecule has 0 spiro atoms. The molecular formula is C12H18O. The number of allylic oxidation sites excluding steroid dienone is 3. The van der Waals surface area contributed by atoms with Gasteiger partial charge in [0.1, 0.15) is 0 Å². The smallest absolute Gasteiger partial charge is 0.158 e. The van der Waals surface area contributed by atoms with Gasteiger partial charge < -0.3 is 0 Å². The van der Waals surface area contributed by atoms with Crippen molar-refractivity contribution in [3.8, 4) is 0 Å². The first-order valence-corrected chi connectivity index (χ1v) is 5.16. The Morgan fingerprint density at radius 2 is 2.00 bits per heavy atom. The Labute approximate surface area is 80.5 Å². The Balaban J connectivity index is 2.32. The molecule has 0 aromatic rings. The third-order valence-corrected chi connectivity index (χ3v) is 2.59. The van der Waals surface area contributed by atoms with Crippen LogP contribution in [0.25, 0.3) is 0 Å². The van der Waals surface area contributed by atoms with Crippen LogP contribution >= 0.6 is 0 Å². The van der Waals surface area contributed by atoms with Crippen molar-refractivity contribution in [2.24, 2.45) is 5.92 Å². The number of rotatable bonds is 4. The Bertz CT molecular complexity index is 197. The molecule has 0 bridgehead atoms. The zero-order chi connectivity index (χ0) is 9.52. The summed E-state index contributed by atoms with van der Waals surface area (Å²) in [6.45, 7) is 3.61. The quantitative estimate of drug-likeness (QED) is 0.477. The second-order valence-electron chi connectivity index (χ2n) is 3.66. The molecule has 0 atom stereocenters. The standard InChI is InChI=1S/C12H18O/c1-2-3-5-10-12(13)11-8-6-4-7-9-11/h2,5,10-11H,1,3-4,6-9H2/b10-5+. The molecule has 0 N–H and O–H groups in total. The fourth-order valence-electron chi connectivity index (χ4n) is 1.80. The van der Waals surface area contributed by atoms with Crippen LogP contribution in [-0.2, 0) is 4.79 Å². The topological polar surface area (TPSA) is 17.1 Å². The molecule has 1 fully saturated rings. The zero-order valence-electron chi connectivity index (χ0n) is 8.17. The van der Waals surface area contributed by atoms with E-state index in [0.29, 0.717) is 11.7 Å². The highest BCUT2D eigenvalue weighted by Gasteiger charge is 2.18. The van der Waals surface area contributed by atoms with Crippen LogP contribution in [-0.4, -0.2) is 5.78 Å². The van der Waals surface area contributed by atoms with E-state index in [-0.39, 0.29) is 0 Å². The van der Waals surface area contributed by atoms with Gasteiger partial charge in [0.05, 0.1) is 0 Å². The Kier molecular flexibility index (Phi) is 4.52. The second-order valence-corrected chi connectivity index (χ2v) is 3.66. The normalized spacial score (nSPS) is 19.1. The number of ketones is 1. The first-order chi connectivity index (χ1) is 6.34. The minimum atomic E-state index is 0.315. The lowest BCUT2D eigenvalue weighted by Crippen LogP contribution is -2.15. The van der Waals surface area contributed by atoms with E-state index in [9.17, 15) is 4.79 Å². The van der Waals surface area contributed by atoms with Gasteiger partial charge in [-0.15, -0.1) is 6.58 Å². The molecule has 72 valence electrons. The maximum Gasteiger partial charge on any atom is 0.158 e. The predicted octanol–water partition coefficient (Wildman–Crippen LogP) is 3.27. The summed E-state index contributed by atoms with van der Waals surface area (Å²) in [5.41, 5.74) is 0. The average molecular weight is 178 g/mol. The van der Waals surface area contributed by atoms with Gasteiger partial charge in [-0.2, -0.15) is 0 Å². The Morgan fingerprint density at radius 3 is 2.62 bits per heavy atom. The molecule has 0 aromatic carbocycles. The van der Waals surface area contributed by atoms with Gasteiger partial charge in [-0.3, -0.25) is 4.79 Å². The molecule has 0 saturated heterocycles. The fourth-order valence-corrected chi connectivity index (χ4v) is 1.80. The summed E-state index contributed by atoms with van der Waals surface area (Å²) in [5, 5.41) is 0. The van der Waals surface area contributed by atoms with Crippen LogP contribution in [0.1, 0.15) is 38.5 Å². The van der Waals surface area contributed by atoms with Gasteiger partial charge in [-0.05, 0) is 25.3 Å². The third-order valence-electron chi connectivity index (χ3n) is 2.59. The highest BCUT2D eigenvalue weighted by Crippen LogP contribution is 2.24. The van der Waals surface area contributed by atoms with Crippen LogP contribution in [0.2, 0.25) is 0 Å². The van der Waals surface area contributed by atoms with Gasteiger partial charge in [-0.25, -0.2) is 0 Å². The molecule has 0 radical (unpaired) electrons. The molecule has 1 nitrogen and oxygen atoms in total. The monoisotopic (exact) mass is 178 g/mol. The first kappa shape index (κ1) is 10.2.